The lowest BCUT2D eigenvalue weighted by Crippen LogP contribution is -2.39. The van der Waals surface area contributed by atoms with E-state index in [0.29, 0.717) is 5.96 Å². The van der Waals surface area contributed by atoms with Gasteiger partial charge in [0.2, 0.25) is 0 Å². The summed E-state index contributed by atoms with van der Waals surface area (Å²) in [5, 5.41) is 7.61. The summed E-state index contributed by atoms with van der Waals surface area (Å²) >= 11 is 0. The Morgan fingerprint density at radius 1 is 1.44 bits per heavy atom. The van der Waals surface area contributed by atoms with Crippen LogP contribution in [0, 0.1) is 13.8 Å². The van der Waals surface area contributed by atoms with Gasteiger partial charge in [-0.15, -0.1) is 12.4 Å². The number of hydrogen-bond donors (Lipinski definition) is 2. The lowest BCUT2D eigenvalue weighted by molar-refractivity contribution is 0.562. The quantitative estimate of drug-likeness (QED) is 0.767. The third-order valence-corrected chi connectivity index (χ3v) is 2.94. The molecule has 1 aliphatic heterocycles. The molecular formula is C10H18ClN5. The fraction of sp³-hybridized carbons (Fsp3) is 0.600. The van der Waals surface area contributed by atoms with Gasteiger partial charge in [-0.05, 0) is 20.3 Å². The summed E-state index contributed by atoms with van der Waals surface area (Å²) in [6, 6.07) is 0.260. The molecule has 1 atom stereocenters. The predicted octanol–water partition coefficient (Wildman–Crippen LogP) is 0.808. The zero-order valence-corrected chi connectivity index (χ0v) is 10.6. The van der Waals surface area contributed by atoms with Crippen molar-refractivity contribution >= 4 is 18.4 Å². The Kier molecular flexibility index (Phi) is 3.80. The Hall–Kier alpha value is -1.23. The Morgan fingerprint density at radius 3 is 2.62 bits per heavy atom. The largest absolute Gasteiger partial charge is 0.370 e. The third kappa shape index (κ3) is 2.14. The second kappa shape index (κ2) is 4.74. The molecule has 0 saturated heterocycles. The number of rotatable bonds is 1. The number of aliphatic imine (C=N–C) groups is 1. The van der Waals surface area contributed by atoms with Crippen molar-refractivity contribution in [1.82, 2.24) is 15.1 Å². The summed E-state index contributed by atoms with van der Waals surface area (Å²) in [5.41, 5.74) is 9.21. The molecule has 0 amide bonds. The van der Waals surface area contributed by atoms with Crippen molar-refractivity contribution < 1.29 is 0 Å². The molecule has 0 fully saturated rings. The van der Waals surface area contributed by atoms with Crippen LogP contribution in [0.25, 0.3) is 0 Å². The average molecular weight is 244 g/mol. The summed E-state index contributed by atoms with van der Waals surface area (Å²) in [5.74, 6) is 0.536. The molecule has 0 bridgehead atoms. The van der Waals surface area contributed by atoms with E-state index in [1.807, 2.05) is 18.7 Å². The van der Waals surface area contributed by atoms with E-state index in [2.05, 4.69) is 22.3 Å². The minimum atomic E-state index is 0. The van der Waals surface area contributed by atoms with Gasteiger partial charge in [-0.2, -0.15) is 5.10 Å². The summed E-state index contributed by atoms with van der Waals surface area (Å²) < 4.78 is 1.91. The van der Waals surface area contributed by atoms with E-state index in [1.54, 1.807) is 0 Å². The van der Waals surface area contributed by atoms with Crippen molar-refractivity contribution in [3.63, 3.8) is 0 Å². The Bertz CT molecular complexity index is 410. The molecule has 16 heavy (non-hydrogen) atoms. The van der Waals surface area contributed by atoms with Crippen molar-refractivity contribution in [2.75, 3.05) is 6.54 Å². The number of nitrogens with two attached hydrogens (primary N) is 1. The van der Waals surface area contributed by atoms with Crippen LogP contribution in [0.2, 0.25) is 0 Å². The lowest BCUT2D eigenvalue weighted by Gasteiger charge is -2.23. The first kappa shape index (κ1) is 12.8. The van der Waals surface area contributed by atoms with Crippen LogP contribution in [0.4, 0.5) is 0 Å². The van der Waals surface area contributed by atoms with Crippen LogP contribution >= 0.6 is 12.4 Å². The fourth-order valence-electron chi connectivity index (χ4n) is 2.12. The SMILES string of the molecule is Cc1nn(C)c(C)c1C1CCN=C(N)N1.Cl. The number of halogens is 1. The van der Waals surface area contributed by atoms with Crippen LogP contribution < -0.4 is 11.1 Å². The molecule has 3 N–H and O–H groups in total. The maximum Gasteiger partial charge on any atom is 0.189 e. The van der Waals surface area contributed by atoms with Crippen LogP contribution in [-0.2, 0) is 7.05 Å². The van der Waals surface area contributed by atoms with E-state index in [-0.39, 0.29) is 18.4 Å². The number of hydrogen-bond acceptors (Lipinski definition) is 4. The van der Waals surface area contributed by atoms with E-state index in [1.165, 1.54) is 11.3 Å². The molecule has 1 unspecified atom stereocenters. The van der Waals surface area contributed by atoms with Crippen LogP contribution in [0.5, 0.6) is 0 Å². The van der Waals surface area contributed by atoms with Gasteiger partial charge in [0.15, 0.2) is 5.96 Å². The van der Waals surface area contributed by atoms with Gasteiger partial charge < -0.3 is 11.1 Å². The number of nitrogens with one attached hydrogen (secondary N) is 1. The van der Waals surface area contributed by atoms with Crippen LogP contribution in [-0.4, -0.2) is 22.3 Å². The molecule has 6 heteroatoms. The number of nitrogens with zero attached hydrogens (tertiary/aromatic N) is 3. The minimum Gasteiger partial charge on any atom is -0.370 e. The van der Waals surface area contributed by atoms with Gasteiger partial charge in [0.1, 0.15) is 0 Å². The Morgan fingerprint density at radius 2 is 2.12 bits per heavy atom. The summed E-state index contributed by atoms with van der Waals surface area (Å²) in [6.07, 6.45) is 0.980. The smallest absolute Gasteiger partial charge is 0.189 e. The molecular weight excluding hydrogens is 226 g/mol. The van der Waals surface area contributed by atoms with E-state index < -0.39 is 0 Å². The van der Waals surface area contributed by atoms with Crippen molar-refractivity contribution in [3.05, 3.63) is 17.0 Å². The number of guanidine groups is 1. The molecule has 2 heterocycles. The van der Waals surface area contributed by atoms with Crippen molar-refractivity contribution in [3.8, 4) is 0 Å². The van der Waals surface area contributed by atoms with Gasteiger partial charge in [0.05, 0.1) is 11.7 Å². The second-order valence-corrected chi connectivity index (χ2v) is 3.96. The average Bonchev–Trinajstić information content (AvgIpc) is 2.41. The molecule has 0 aliphatic carbocycles. The standard InChI is InChI=1S/C10H17N5.ClH/c1-6-9(7(2)15(3)14-6)8-4-5-12-10(11)13-8;/h8H,4-5H2,1-3H3,(H3,11,12,13);1H. The summed E-state index contributed by atoms with van der Waals surface area (Å²) in [7, 11) is 1.96. The molecule has 0 spiro atoms. The highest BCUT2D eigenvalue weighted by Gasteiger charge is 2.22. The summed E-state index contributed by atoms with van der Waals surface area (Å²) in [4.78, 5) is 4.13. The molecule has 1 aromatic heterocycles. The van der Waals surface area contributed by atoms with Crippen molar-refractivity contribution in [2.45, 2.75) is 26.3 Å². The highest BCUT2D eigenvalue weighted by Crippen LogP contribution is 2.24. The normalized spacial score (nSPS) is 19.7. The number of aryl methyl sites for hydroxylation is 2. The maximum atomic E-state index is 5.68. The highest BCUT2D eigenvalue weighted by molar-refractivity contribution is 5.85. The van der Waals surface area contributed by atoms with E-state index >= 15 is 0 Å². The zero-order valence-electron chi connectivity index (χ0n) is 9.82. The number of aromatic nitrogens is 2. The monoisotopic (exact) mass is 243 g/mol. The second-order valence-electron chi connectivity index (χ2n) is 3.96. The minimum absolute atomic E-state index is 0. The molecule has 0 radical (unpaired) electrons. The zero-order chi connectivity index (χ0) is 11.0. The molecule has 0 aromatic carbocycles. The van der Waals surface area contributed by atoms with E-state index in [4.69, 9.17) is 5.73 Å². The molecule has 0 saturated carbocycles. The molecule has 2 rings (SSSR count). The van der Waals surface area contributed by atoms with Gasteiger partial charge in [-0.3, -0.25) is 9.67 Å². The highest BCUT2D eigenvalue weighted by atomic mass is 35.5. The third-order valence-electron chi connectivity index (χ3n) is 2.94. The van der Waals surface area contributed by atoms with Crippen molar-refractivity contribution in [1.29, 1.82) is 0 Å². The van der Waals surface area contributed by atoms with Crippen LogP contribution in [0.3, 0.4) is 0 Å². The Balaban J connectivity index is 0.00000128. The predicted molar refractivity (Wildman–Crippen MR) is 66.9 cm³/mol. The van der Waals surface area contributed by atoms with E-state index in [0.717, 1.165) is 18.7 Å². The first-order valence-corrected chi connectivity index (χ1v) is 5.16. The lowest BCUT2D eigenvalue weighted by atomic mass is 10.0. The van der Waals surface area contributed by atoms with Crippen LogP contribution in [0.1, 0.15) is 29.4 Å². The fourth-order valence-corrected chi connectivity index (χ4v) is 2.12. The Labute approximate surface area is 102 Å². The first-order chi connectivity index (χ1) is 7.09. The van der Waals surface area contributed by atoms with Gasteiger partial charge in [0.25, 0.3) is 0 Å². The topological polar surface area (TPSA) is 68.2 Å². The van der Waals surface area contributed by atoms with E-state index in [9.17, 15) is 0 Å². The van der Waals surface area contributed by atoms with Gasteiger partial charge >= 0.3 is 0 Å². The molecule has 90 valence electrons. The van der Waals surface area contributed by atoms with Crippen molar-refractivity contribution in [2.24, 2.45) is 17.8 Å². The van der Waals surface area contributed by atoms with Gasteiger partial charge in [0, 0.05) is 24.8 Å². The first-order valence-electron chi connectivity index (χ1n) is 5.16. The van der Waals surface area contributed by atoms with Gasteiger partial charge in [-0.25, -0.2) is 0 Å². The summed E-state index contributed by atoms with van der Waals surface area (Å²) in [6.45, 7) is 4.90. The molecule has 1 aromatic rings. The maximum absolute atomic E-state index is 5.68. The van der Waals surface area contributed by atoms with Crippen LogP contribution in [0.15, 0.2) is 4.99 Å². The van der Waals surface area contributed by atoms with Gasteiger partial charge in [-0.1, -0.05) is 0 Å². The molecule has 5 nitrogen and oxygen atoms in total. The molecule has 1 aliphatic rings.